The highest BCUT2D eigenvalue weighted by Gasteiger charge is 2.37. The van der Waals surface area contributed by atoms with Gasteiger partial charge in [-0.2, -0.15) is 10.5 Å². The van der Waals surface area contributed by atoms with Crippen LogP contribution in [0.25, 0.3) is 0 Å². The number of nitrogens with one attached hydrogen (secondary N) is 1. The average Bonchev–Trinajstić information content (AvgIpc) is 3.20. The molecule has 0 spiro atoms. The summed E-state index contributed by atoms with van der Waals surface area (Å²) in [4.78, 5) is 13.3. The van der Waals surface area contributed by atoms with Crippen molar-refractivity contribution in [3.8, 4) is 0 Å². The lowest BCUT2D eigenvalue weighted by Crippen LogP contribution is -3.00. The van der Waals surface area contributed by atoms with Crippen molar-refractivity contribution in [2.24, 2.45) is 5.10 Å². The molecule has 5 nitrogen and oxygen atoms in total. The summed E-state index contributed by atoms with van der Waals surface area (Å²) >= 11 is 18.7. The normalized spacial score (nSPS) is 19.8. The number of benzene rings is 2. The van der Waals surface area contributed by atoms with Crippen LogP contribution in [0, 0.1) is 0 Å². The van der Waals surface area contributed by atoms with Crippen molar-refractivity contribution in [1.29, 1.82) is 0 Å². The minimum Gasteiger partial charge on any atom is -1.00 e. The molecule has 2 aliphatic rings. The molecule has 2 aliphatic heterocycles. The van der Waals surface area contributed by atoms with Gasteiger partial charge in [0.15, 0.2) is 0 Å². The zero-order valence-corrected chi connectivity index (χ0v) is 22.3. The van der Waals surface area contributed by atoms with E-state index in [1.54, 1.807) is 12.1 Å². The van der Waals surface area contributed by atoms with Crippen LogP contribution in [0.5, 0.6) is 0 Å². The van der Waals surface area contributed by atoms with Crippen LogP contribution < -0.4 is 34.4 Å². The fraction of sp³-hybridized carbons (Fsp3) is 0.391. The number of piperidine rings is 1. The van der Waals surface area contributed by atoms with Crippen LogP contribution in [0.3, 0.4) is 0 Å². The van der Waals surface area contributed by atoms with Crippen molar-refractivity contribution in [2.75, 3.05) is 24.6 Å². The number of halogens is 4. The van der Waals surface area contributed by atoms with Crippen molar-refractivity contribution in [1.82, 2.24) is 5.43 Å². The first kappa shape index (κ1) is 25.6. The largest absolute Gasteiger partial charge is 1.00 e. The van der Waals surface area contributed by atoms with Crippen LogP contribution in [0.2, 0.25) is 15.1 Å². The molecule has 0 bridgehead atoms. The van der Waals surface area contributed by atoms with Gasteiger partial charge in [-0.25, -0.2) is 4.59 Å². The van der Waals surface area contributed by atoms with Gasteiger partial charge in [0.25, 0.3) is 0 Å². The van der Waals surface area contributed by atoms with E-state index in [1.165, 1.54) is 6.42 Å². The summed E-state index contributed by atoms with van der Waals surface area (Å²) in [7, 11) is 0. The molecule has 2 heterocycles. The second kappa shape index (κ2) is 10.9. The Morgan fingerprint density at radius 3 is 2.34 bits per heavy atom. The molecule has 2 aromatic carbocycles. The van der Waals surface area contributed by atoms with E-state index in [-0.39, 0.29) is 35.9 Å². The van der Waals surface area contributed by atoms with Gasteiger partial charge in [-0.05, 0) is 62.1 Å². The van der Waals surface area contributed by atoms with E-state index in [4.69, 9.17) is 39.9 Å². The van der Waals surface area contributed by atoms with Crippen LogP contribution in [0.15, 0.2) is 47.6 Å². The van der Waals surface area contributed by atoms with Gasteiger partial charge in [0, 0.05) is 16.5 Å². The van der Waals surface area contributed by atoms with Crippen LogP contribution in [-0.2, 0) is 4.79 Å². The zero-order chi connectivity index (χ0) is 22.0. The number of nitrogens with zero attached hydrogens (tertiary/aromatic N) is 3. The monoisotopic (exact) mass is 606 g/mol. The highest BCUT2D eigenvalue weighted by atomic mass is 127. The van der Waals surface area contributed by atoms with Gasteiger partial charge in [-0.1, -0.05) is 46.9 Å². The number of carbonyl (C=O) groups excluding carboxylic acids is 1. The van der Waals surface area contributed by atoms with E-state index < -0.39 is 0 Å². The number of amides is 1. The highest BCUT2D eigenvalue weighted by Crippen LogP contribution is 2.40. The summed E-state index contributed by atoms with van der Waals surface area (Å²) < 4.78 is 0.616. The molecule has 172 valence electrons. The fourth-order valence-corrected chi connectivity index (χ4v) is 5.01. The lowest BCUT2D eigenvalue weighted by atomic mass is 10.0. The first-order valence-electron chi connectivity index (χ1n) is 10.7. The Hall–Kier alpha value is -1.06. The molecule has 1 amide bonds. The number of carbonyl (C=O) groups is 1. The molecule has 1 N–H and O–H groups in total. The number of rotatable bonds is 5. The molecule has 0 unspecified atom stereocenters. The molecule has 2 aromatic rings. The molecule has 1 fully saturated rings. The van der Waals surface area contributed by atoms with Crippen molar-refractivity contribution < 1.29 is 33.4 Å². The van der Waals surface area contributed by atoms with E-state index >= 15 is 0 Å². The highest BCUT2D eigenvalue weighted by molar-refractivity contribution is 6.40. The Morgan fingerprint density at radius 2 is 1.72 bits per heavy atom. The summed E-state index contributed by atoms with van der Waals surface area (Å²) in [5.74, 6) is -0.115. The first-order chi connectivity index (χ1) is 14.9. The second-order valence-electron chi connectivity index (χ2n) is 8.17. The van der Waals surface area contributed by atoms with Crippen molar-refractivity contribution in [3.63, 3.8) is 0 Å². The van der Waals surface area contributed by atoms with Crippen molar-refractivity contribution in [3.05, 3.63) is 63.1 Å². The minimum atomic E-state index is -0.159. The minimum absolute atomic E-state index is 0. The Morgan fingerprint density at radius 1 is 1.06 bits per heavy atom. The molecule has 0 radical (unpaired) electrons. The number of quaternary nitrogens is 1. The van der Waals surface area contributed by atoms with Gasteiger partial charge in [0.05, 0.1) is 23.3 Å². The Balaban J connectivity index is 0.00000289. The number of hydrogen-bond donors (Lipinski definition) is 1. The van der Waals surface area contributed by atoms with Gasteiger partial charge in [-0.15, -0.1) is 0 Å². The molecule has 0 saturated carbocycles. The number of hydrogen-bond acceptors (Lipinski definition) is 3. The molecule has 1 saturated heterocycles. The third-order valence-corrected chi connectivity index (χ3v) is 6.99. The number of hydrazone groups is 1. The average molecular weight is 608 g/mol. The summed E-state index contributed by atoms with van der Waals surface area (Å²) in [6, 6.07) is 12.8. The maximum atomic E-state index is 13.3. The molecule has 32 heavy (non-hydrogen) atoms. The van der Waals surface area contributed by atoms with Crippen LogP contribution in [-0.4, -0.2) is 35.8 Å². The first-order valence-corrected chi connectivity index (χ1v) is 11.8. The smallest absolute Gasteiger partial charge is 0.312 e. The SMILES string of the molecule is CC[N+]1(NC(=O)C2=NN(c3ccc(Cl)cc3Cl)[C@@H](c3ccc(Cl)cc3)C2)CCCCC1.[I-]. The maximum absolute atomic E-state index is 13.3. The van der Waals surface area contributed by atoms with Crippen LogP contribution >= 0.6 is 34.8 Å². The predicted octanol–water partition coefficient (Wildman–Crippen LogP) is 3.01. The van der Waals surface area contributed by atoms with E-state index in [0.717, 1.165) is 38.0 Å². The van der Waals surface area contributed by atoms with Gasteiger partial charge < -0.3 is 24.0 Å². The maximum Gasteiger partial charge on any atom is 0.312 e. The standard InChI is InChI=1S/C23H25Cl3N4O.HI/c1-2-30(12-4-3-5-13-30)28-23(31)20-15-22(16-6-8-17(24)9-7-16)29(27-20)21-11-10-18(25)14-19(21)26;/h6-11,14,22H,2-5,12-13,15H2,1H3;1H/t22-;/m1./s1. The summed E-state index contributed by atoms with van der Waals surface area (Å²) in [5, 5.41) is 8.26. The number of likely N-dealkylation sites (tertiary alicyclic amines) is 1. The number of anilines is 1. The Kier molecular flexibility index (Phi) is 8.72. The third kappa shape index (κ3) is 5.53. The third-order valence-electron chi connectivity index (χ3n) is 6.20. The predicted molar refractivity (Wildman–Crippen MR) is 128 cm³/mol. The molecule has 0 aromatic heterocycles. The molecule has 4 rings (SSSR count). The van der Waals surface area contributed by atoms with E-state index in [1.807, 2.05) is 35.3 Å². The lowest BCUT2D eigenvalue weighted by molar-refractivity contribution is -0.963. The lowest BCUT2D eigenvalue weighted by Gasteiger charge is -2.39. The summed E-state index contributed by atoms with van der Waals surface area (Å²) in [6.45, 7) is 4.91. The molecular formula is C23H26Cl3IN4O. The van der Waals surface area contributed by atoms with Crippen molar-refractivity contribution in [2.45, 2.75) is 38.6 Å². The second-order valence-corrected chi connectivity index (χ2v) is 9.45. The summed E-state index contributed by atoms with van der Waals surface area (Å²) in [5.41, 5.74) is 5.50. The Bertz CT molecular complexity index is 993. The zero-order valence-electron chi connectivity index (χ0n) is 17.8. The van der Waals surface area contributed by atoms with Gasteiger partial charge in [0.2, 0.25) is 0 Å². The van der Waals surface area contributed by atoms with Gasteiger partial charge >= 0.3 is 5.91 Å². The fourth-order valence-electron chi connectivity index (χ4n) is 4.39. The van der Waals surface area contributed by atoms with Crippen LogP contribution in [0.1, 0.15) is 44.2 Å². The molecule has 9 heteroatoms. The van der Waals surface area contributed by atoms with E-state index in [0.29, 0.717) is 37.5 Å². The molecule has 0 aliphatic carbocycles. The van der Waals surface area contributed by atoms with E-state index in [2.05, 4.69) is 12.3 Å². The van der Waals surface area contributed by atoms with Crippen molar-refractivity contribution >= 4 is 52.1 Å². The Labute approximate surface area is 221 Å². The van der Waals surface area contributed by atoms with Gasteiger partial charge in [0.1, 0.15) is 18.8 Å². The van der Waals surface area contributed by atoms with Crippen LogP contribution in [0.4, 0.5) is 5.69 Å². The topological polar surface area (TPSA) is 44.7 Å². The molecular weight excluding hydrogens is 582 g/mol. The quantitative estimate of drug-likeness (QED) is 0.420. The van der Waals surface area contributed by atoms with E-state index in [9.17, 15) is 4.79 Å². The molecule has 1 atom stereocenters. The summed E-state index contributed by atoms with van der Waals surface area (Å²) in [6.07, 6.45) is 3.95. The van der Waals surface area contributed by atoms with Gasteiger partial charge in [-0.3, -0.25) is 9.80 Å².